The zero-order chi connectivity index (χ0) is 22.5. The summed E-state index contributed by atoms with van der Waals surface area (Å²) in [6, 6.07) is 25.6. The van der Waals surface area contributed by atoms with Crippen molar-refractivity contribution in [2.24, 2.45) is 4.99 Å². The summed E-state index contributed by atoms with van der Waals surface area (Å²) in [7, 11) is 0. The first kappa shape index (κ1) is 21.0. The van der Waals surface area contributed by atoms with Crippen LogP contribution in [0.1, 0.15) is 22.3 Å². The number of nitriles is 1. The zero-order valence-electron chi connectivity index (χ0n) is 16.8. The van der Waals surface area contributed by atoms with E-state index in [0.717, 1.165) is 22.9 Å². The van der Waals surface area contributed by atoms with Crippen molar-refractivity contribution in [1.29, 1.82) is 16.1 Å². The van der Waals surface area contributed by atoms with Crippen LogP contribution in [0.5, 0.6) is 0 Å². The summed E-state index contributed by atoms with van der Waals surface area (Å²) in [4.78, 5) is 17.5. The third kappa shape index (κ3) is 4.58. The number of anilines is 1. The number of carbonyl (C=O) groups excluding carboxylic acids is 1. The SMILES string of the molecule is N#Cc1ccc(C(=N)SC(=N)NC2N=C(c3ccccc3)c3ccccc3NC2=O)cc1. The molecule has 8 heteroatoms. The highest BCUT2D eigenvalue weighted by Gasteiger charge is 2.26. The fourth-order valence-electron chi connectivity index (χ4n) is 3.19. The molecule has 0 saturated heterocycles. The highest BCUT2D eigenvalue weighted by atomic mass is 32.2. The first-order chi connectivity index (χ1) is 15.5. The van der Waals surface area contributed by atoms with Gasteiger partial charge in [0.05, 0.1) is 23.0 Å². The summed E-state index contributed by atoms with van der Waals surface area (Å²) < 4.78 is 0. The molecule has 3 aromatic carbocycles. The predicted molar refractivity (Wildman–Crippen MR) is 127 cm³/mol. The molecule has 3 aromatic rings. The molecular weight excluding hydrogens is 420 g/mol. The maximum atomic E-state index is 12.8. The second kappa shape index (κ2) is 9.29. The maximum absolute atomic E-state index is 12.8. The number of rotatable bonds is 3. The van der Waals surface area contributed by atoms with E-state index in [4.69, 9.17) is 16.1 Å². The number of hydrogen-bond acceptors (Lipinski definition) is 6. The van der Waals surface area contributed by atoms with Crippen molar-refractivity contribution in [1.82, 2.24) is 5.32 Å². The Labute approximate surface area is 189 Å². The van der Waals surface area contributed by atoms with Gasteiger partial charge in [-0.05, 0) is 30.0 Å². The Bertz CT molecular complexity index is 1260. The minimum atomic E-state index is -1.04. The van der Waals surface area contributed by atoms with Crippen LogP contribution in [0.4, 0.5) is 5.69 Å². The molecule has 1 atom stereocenters. The number of fused-ring (bicyclic) bond motifs is 1. The van der Waals surface area contributed by atoms with Gasteiger partial charge in [0.2, 0.25) is 6.17 Å². The summed E-state index contributed by atoms with van der Waals surface area (Å²) in [6.07, 6.45) is -1.04. The van der Waals surface area contributed by atoms with Crippen molar-refractivity contribution in [3.8, 4) is 6.07 Å². The Balaban J connectivity index is 1.57. The van der Waals surface area contributed by atoms with Gasteiger partial charge in [0, 0.05) is 16.7 Å². The normalized spacial score (nSPS) is 14.8. The topological polar surface area (TPSA) is 125 Å². The fourth-order valence-corrected chi connectivity index (χ4v) is 3.82. The molecular formula is C24H18N6OS. The molecule has 1 heterocycles. The van der Waals surface area contributed by atoms with E-state index in [1.54, 1.807) is 24.3 Å². The second-order valence-electron chi connectivity index (χ2n) is 6.87. The van der Waals surface area contributed by atoms with Crippen LogP contribution in [0, 0.1) is 22.1 Å². The molecule has 1 unspecified atom stereocenters. The van der Waals surface area contributed by atoms with E-state index in [9.17, 15) is 4.79 Å². The molecule has 1 aliphatic heterocycles. The highest BCUT2D eigenvalue weighted by molar-refractivity contribution is 8.26. The number of amidine groups is 1. The van der Waals surface area contributed by atoms with E-state index in [2.05, 4.69) is 15.6 Å². The number of aliphatic imine (C=N–C) groups is 1. The van der Waals surface area contributed by atoms with Gasteiger partial charge in [-0.25, -0.2) is 4.99 Å². The molecule has 4 N–H and O–H groups in total. The van der Waals surface area contributed by atoms with E-state index in [-0.39, 0.29) is 10.2 Å². The number of nitrogens with zero attached hydrogens (tertiary/aromatic N) is 2. The zero-order valence-corrected chi connectivity index (χ0v) is 17.6. The van der Waals surface area contributed by atoms with Crippen molar-refractivity contribution >= 4 is 39.3 Å². The Hall–Kier alpha value is -4.22. The average molecular weight is 439 g/mol. The third-order valence-electron chi connectivity index (χ3n) is 4.74. The Morgan fingerprint density at radius 3 is 2.41 bits per heavy atom. The van der Waals surface area contributed by atoms with Gasteiger partial charge < -0.3 is 10.6 Å². The monoisotopic (exact) mass is 438 g/mol. The van der Waals surface area contributed by atoms with Gasteiger partial charge in [0.15, 0.2) is 5.17 Å². The van der Waals surface area contributed by atoms with Gasteiger partial charge in [-0.3, -0.25) is 15.6 Å². The molecule has 7 nitrogen and oxygen atoms in total. The molecule has 1 aliphatic rings. The van der Waals surface area contributed by atoms with Gasteiger partial charge in [-0.1, -0.05) is 60.7 Å². The molecule has 0 spiro atoms. The lowest BCUT2D eigenvalue weighted by Crippen LogP contribution is -2.41. The minimum Gasteiger partial charge on any atom is -0.335 e. The average Bonchev–Trinajstić information content (AvgIpc) is 2.96. The molecule has 0 aliphatic carbocycles. The lowest BCUT2D eigenvalue weighted by atomic mass is 10.0. The van der Waals surface area contributed by atoms with E-state index in [1.165, 1.54) is 0 Å². The van der Waals surface area contributed by atoms with E-state index >= 15 is 0 Å². The van der Waals surface area contributed by atoms with Crippen molar-refractivity contribution in [2.45, 2.75) is 6.17 Å². The molecule has 156 valence electrons. The number of amides is 1. The number of benzene rings is 3. The van der Waals surface area contributed by atoms with Crippen molar-refractivity contribution < 1.29 is 4.79 Å². The summed E-state index contributed by atoms with van der Waals surface area (Å²) in [5, 5.41) is 31.2. The molecule has 0 saturated carbocycles. The van der Waals surface area contributed by atoms with E-state index in [1.807, 2.05) is 60.7 Å². The summed E-state index contributed by atoms with van der Waals surface area (Å²) in [6.45, 7) is 0. The lowest BCUT2D eigenvalue weighted by Gasteiger charge is -2.15. The third-order valence-corrected chi connectivity index (χ3v) is 5.50. The molecule has 0 bridgehead atoms. The largest absolute Gasteiger partial charge is 0.335 e. The molecule has 4 rings (SSSR count). The Kier molecular flexibility index (Phi) is 6.10. The van der Waals surface area contributed by atoms with Crippen molar-refractivity contribution in [2.75, 3.05) is 5.32 Å². The van der Waals surface area contributed by atoms with Crippen LogP contribution in [0.2, 0.25) is 0 Å². The van der Waals surface area contributed by atoms with Gasteiger partial charge in [-0.15, -0.1) is 0 Å². The molecule has 0 aromatic heterocycles. The van der Waals surface area contributed by atoms with Crippen LogP contribution in [0.15, 0.2) is 83.9 Å². The van der Waals surface area contributed by atoms with Crippen LogP contribution in [0.3, 0.4) is 0 Å². The molecule has 0 radical (unpaired) electrons. The Morgan fingerprint density at radius 2 is 1.69 bits per heavy atom. The van der Waals surface area contributed by atoms with E-state index < -0.39 is 12.1 Å². The van der Waals surface area contributed by atoms with Crippen LogP contribution in [-0.2, 0) is 4.79 Å². The number of para-hydroxylation sites is 1. The van der Waals surface area contributed by atoms with Gasteiger partial charge >= 0.3 is 0 Å². The fraction of sp³-hybridized carbons (Fsp3) is 0.0417. The van der Waals surface area contributed by atoms with Crippen molar-refractivity contribution in [3.63, 3.8) is 0 Å². The van der Waals surface area contributed by atoms with Crippen LogP contribution < -0.4 is 10.6 Å². The smallest absolute Gasteiger partial charge is 0.269 e. The first-order valence-corrected chi connectivity index (χ1v) is 10.5. The maximum Gasteiger partial charge on any atom is 0.269 e. The van der Waals surface area contributed by atoms with Gasteiger partial charge in [0.25, 0.3) is 5.91 Å². The standard InChI is InChI=1S/C24H18N6OS/c25-14-15-10-12-17(13-11-15)21(26)32-24(27)30-22-23(31)28-19-9-5-4-8-18(19)20(29-22)16-6-2-1-3-7-16/h1-13,22,26H,(H2,27,30)(H,28,31). The lowest BCUT2D eigenvalue weighted by molar-refractivity contribution is -0.117. The Morgan fingerprint density at radius 1 is 1.00 bits per heavy atom. The summed E-state index contributed by atoms with van der Waals surface area (Å²) in [5.74, 6) is -0.390. The molecule has 32 heavy (non-hydrogen) atoms. The highest BCUT2D eigenvalue weighted by Crippen LogP contribution is 2.24. The molecule has 1 amide bonds. The van der Waals surface area contributed by atoms with Crippen molar-refractivity contribution in [3.05, 3.63) is 101 Å². The minimum absolute atomic E-state index is 0.0818. The summed E-state index contributed by atoms with van der Waals surface area (Å²) in [5.41, 5.74) is 4.00. The number of thioether (sulfide) groups is 1. The van der Waals surface area contributed by atoms with Crippen LogP contribution >= 0.6 is 11.8 Å². The quantitative estimate of drug-likeness (QED) is 0.365. The second-order valence-corrected chi connectivity index (χ2v) is 7.90. The number of carbonyl (C=O) groups is 1. The predicted octanol–water partition coefficient (Wildman–Crippen LogP) is 3.96. The van der Waals surface area contributed by atoms with E-state index in [0.29, 0.717) is 22.5 Å². The van der Waals surface area contributed by atoms with Gasteiger partial charge in [-0.2, -0.15) is 5.26 Å². The van der Waals surface area contributed by atoms with Crippen LogP contribution in [-0.4, -0.2) is 28.0 Å². The van der Waals surface area contributed by atoms with Crippen LogP contribution in [0.25, 0.3) is 0 Å². The number of hydrogen-bond donors (Lipinski definition) is 4. The number of nitrogens with one attached hydrogen (secondary N) is 4. The number of benzodiazepines with no additional fused rings is 1. The first-order valence-electron chi connectivity index (χ1n) is 9.70. The molecule has 0 fully saturated rings. The van der Waals surface area contributed by atoms with Gasteiger partial charge in [0.1, 0.15) is 5.04 Å². The summed E-state index contributed by atoms with van der Waals surface area (Å²) >= 11 is 0.873.